The molecule has 0 amide bonds. The van der Waals surface area contributed by atoms with Crippen molar-refractivity contribution in [1.82, 2.24) is 28.9 Å². The minimum atomic E-state index is -0.399. The van der Waals surface area contributed by atoms with Gasteiger partial charge in [-0.1, -0.05) is 11.6 Å². The standard InChI is InChI=1S/C25H22ClN9O/c1-33-11-15(10-27)8-20(33)22-21-23(31-28)30-25(36)34(12-14-2-3-14)24(21)32-35(22)13-16-6-7-29-19-5-4-17(26)9-18(16)19/h4-9,11,14H,2-3,12-13,28H2,1H3,(H,30,31,36). The maximum atomic E-state index is 13.0. The van der Waals surface area contributed by atoms with E-state index in [-0.39, 0.29) is 5.82 Å². The summed E-state index contributed by atoms with van der Waals surface area (Å²) in [5.74, 6) is 6.51. The molecule has 1 aromatic carbocycles. The van der Waals surface area contributed by atoms with Crippen LogP contribution in [0.4, 0.5) is 5.82 Å². The van der Waals surface area contributed by atoms with Gasteiger partial charge >= 0.3 is 5.69 Å². The average molecular weight is 500 g/mol. The second-order valence-corrected chi connectivity index (χ2v) is 9.55. The summed E-state index contributed by atoms with van der Waals surface area (Å²) in [5, 5.41) is 16.6. The first kappa shape index (κ1) is 22.3. The fourth-order valence-corrected chi connectivity index (χ4v) is 4.87. The Labute approximate surface area is 210 Å². The lowest BCUT2D eigenvalue weighted by Crippen LogP contribution is -2.26. The maximum absolute atomic E-state index is 13.0. The quantitative estimate of drug-likeness (QED) is 0.270. The number of anilines is 1. The number of fused-ring (bicyclic) bond motifs is 2. The van der Waals surface area contributed by atoms with Crippen molar-refractivity contribution in [3.8, 4) is 17.5 Å². The molecule has 5 aromatic rings. The number of aromatic nitrogens is 6. The van der Waals surface area contributed by atoms with Gasteiger partial charge in [-0.25, -0.2) is 10.6 Å². The molecule has 0 bridgehead atoms. The van der Waals surface area contributed by atoms with Crippen molar-refractivity contribution < 1.29 is 0 Å². The highest BCUT2D eigenvalue weighted by atomic mass is 35.5. The maximum Gasteiger partial charge on any atom is 0.351 e. The topological polar surface area (TPSA) is 132 Å². The Balaban J connectivity index is 1.65. The minimum absolute atomic E-state index is 0.241. The largest absolute Gasteiger partial charge is 0.351 e. The molecular formula is C25H22ClN9O. The number of nitrogen functional groups attached to an aromatic ring is 1. The van der Waals surface area contributed by atoms with E-state index >= 15 is 0 Å². The molecule has 3 N–H and O–H groups in total. The fraction of sp³-hybridized carbons (Fsp3) is 0.240. The Morgan fingerprint density at radius 2 is 2.11 bits per heavy atom. The van der Waals surface area contributed by atoms with E-state index in [0.717, 1.165) is 35.0 Å². The van der Waals surface area contributed by atoms with Crippen LogP contribution < -0.4 is 17.0 Å². The number of hydrazine groups is 1. The molecule has 1 aliphatic rings. The summed E-state index contributed by atoms with van der Waals surface area (Å²) in [5.41, 5.74) is 6.43. The molecule has 1 fully saturated rings. The van der Waals surface area contributed by atoms with Gasteiger partial charge in [0.1, 0.15) is 6.07 Å². The zero-order chi connectivity index (χ0) is 25.0. The molecule has 4 aromatic heterocycles. The second-order valence-electron chi connectivity index (χ2n) is 9.11. The van der Waals surface area contributed by atoms with Gasteiger partial charge in [0.25, 0.3) is 0 Å². The molecule has 0 saturated heterocycles. The number of hydrogen-bond acceptors (Lipinski definition) is 7. The van der Waals surface area contributed by atoms with Gasteiger partial charge in [-0.3, -0.25) is 14.2 Å². The van der Waals surface area contributed by atoms with Crippen LogP contribution in [0.25, 0.3) is 33.3 Å². The van der Waals surface area contributed by atoms with E-state index in [4.69, 9.17) is 22.5 Å². The molecule has 0 aliphatic heterocycles. The zero-order valence-electron chi connectivity index (χ0n) is 19.4. The number of aryl methyl sites for hydroxylation is 1. The van der Waals surface area contributed by atoms with Gasteiger partial charge in [0, 0.05) is 36.4 Å². The van der Waals surface area contributed by atoms with E-state index < -0.39 is 5.69 Å². The van der Waals surface area contributed by atoms with Gasteiger partial charge in [0.2, 0.25) is 0 Å². The van der Waals surface area contributed by atoms with Crippen molar-refractivity contribution in [3.63, 3.8) is 0 Å². The minimum Gasteiger partial charge on any atom is -0.348 e. The van der Waals surface area contributed by atoms with Crippen molar-refractivity contribution in [3.05, 3.63) is 69.4 Å². The van der Waals surface area contributed by atoms with Crippen LogP contribution in [0.5, 0.6) is 0 Å². The fourth-order valence-electron chi connectivity index (χ4n) is 4.70. The number of halogens is 1. The molecule has 36 heavy (non-hydrogen) atoms. The summed E-state index contributed by atoms with van der Waals surface area (Å²) in [6.45, 7) is 0.923. The van der Waals surface area contributed by atoms with Crippen molar-refractivity contribution in [2.75, 3.05) is 5.43 Å². The summed E-state index contributed by atoms with van der Waals surface area (Å²) in [6, 6.07) is 11.5. The van der Waals surface area contributed by atoms with Crippen LogP contribution in [0, 0.1) is 17.2 Å². The van der Waals surface area contributed by atoms with Gasteiger partial charge in [-0.15, -0.1) is 0 Å². The van der Waals surface area contributed by atoms with Crippen molar-refractivity contribution in [2.24, 2.45) is 18.8 Å². The highest BCUT2D eigenvalue weighted by molar-refractivity contribution is 6.31. The van der Waals surface area contributed by atoms with Crippen LogP contribution in [0.3, 0.4) is 0 Å². The normalized spacial score (nSPS) is 13.4. The van der Waals surface area contributed by atoms with E-state index in [9.17, 15) is 10.1 Å². The number of hydrogen-bond donors (Lipinski definition) is 2. The van der Waals surface area contributed by atoms with Gasteiger partial charge in [0.05, 0.1) is 34.4 Å². The zero-order valence-corrected chi connectivity index (χ0v) is 20.2. The van der Waals surface area contributed by atoms with Crippen molar-refractivity contribution >= 4 is 39.4 Å². The Morgan fingerprint density at radius 1 is 1.28 bits per heavy atom. The molecule has 0 spiro atoms. The first-order valence-corrected chi connectivity index (χ1v) is 11.9. The number of nitriles is 1. The lowest BCUT2D eigenvalue weighted by molar-refractivity contribution is 0.600. The van der Waals surface area contributed by atoms with Crippen LogP contribution in [0.2, 0.25) is 5.02 Å². The van der Waals surface area contributed by atoms with Crippen LogP contribution in [0.15, 0.2) is 47.5 Å². The highest BCUT2D eigenvalue weighted by Crippen LogP contribution is 2.36. The van der Waals surface area contributed by atoms with Gasteiger partial charge in [-0.05, 0) is 54.7 Å². The van der Waals surface area contributed by atoms with Crippen LogP contribution in [-0.2, 0) is 20.1 Å². The smallest absolute Gasteiger partial charge is 0.348 e. The molecule has 11 heteroatoms. The van der Waals surface area contributed by atoms with E-state index in [1.165, 1.54) is 0 Å². The van der Waals surface area contributed by atoms with E-state index in [0.29, 0.717) is 46.3 Å². The van der Waals surface area contributed by atoms with E-state index in [2.05, 4.69) is 21.5 Å². The summed E-state index contributed by atoms with van der Waals surface area (Å²) in [4.78, 5) is 21.7. The lowest BCUT2D eigenvalue weighted by atomic mass is 10.1. The summed E-state index contributed by atoms with van der Waals surface area (Å²) >= 11 is 6.30. The number of nitrogens with one attached hydrogen (secondary N) is 1. The second kappa shape index (κ2) is 8.48. The third kappa shape index (κ3) is 3.69. The predicted octanol–water partition coefficient (Wildman–Crippen LogP) is 3.42. The van der Waals surface area contributed by atoms with Crippen molar-refractivity contribution in [2.45, 2.75) is 25.9 Å². The van der Waals surface area contributed by atoms with Crippen LogP contribution in [-0.4, -0.2) is 28.9 Å². The number of nitrogens with two attached hydrogens (primary N) is 1. The highest BCUT2D eigenvalue weighted by Gasteiger charge is 2.28. The monoisotopic (exact) mass is 499 g/mol. The summed E-state index contributed by atoms with van der Waals surface area (Å²) in [6.07, 6.45) is 5.66. The molecule has 0 atom stereocenters. The Kier molecular flexibility index (Phi) is 5.25. The van der Waals surface area contributed by atoms with E-state index in [1.54, 1.807) is 23.0 Å². The van der Waals surface area contributed by atoms with Gasteiger partial charge < -0.3 is 9.99 Å². The molecule has 1 aliphatic carbocycles. The number of nitrogens with zero attached hydrogens (tertiary/aromatic N) is 7. The van der Waals surface area contributed by atoms with Crippen LogP contribution >= 0.6 is 11.6 Å². The Hall–Kier alpha value is -4.20. The van der Waals surface area contributed by atoms with Crippen molar-refractivity contribution in [1.29, 1.82) is 5.26 Å². The molecule has 1 saturated carbocycles. The summed E-state index contributed by atoms with van der Waals surface area (Å²) < 4.78 is 5.33. The molecular weight excluding hydrogens is 478 g/mol. The lowest BCUT2D eigenvalue weighted by Gasteiger charge is -2.12. The van der Waals surface area contributed by atoms with E-state index in [1.807, 2.05) is 40.6 Å². The molecule has 4 heterocycles. The molecule has 180 valence electrons. The average Bonchev–Trinajstić information content (AvgIpc) is 3.51. The number of pyridine rings is 1. The number of benzene rings is 1. The van der Waals surface area contributed by atoms with Gasteiger partial charge in [-0.2, -0.15) is 15.3 Å². The Bertz CT molecular complexity index is 1750. The van der Waals surface area contributed by atoms with Gasteiger partial charge in [0.15, 0.2) is 11.5 Å². The molecule has 0 radical (unpaired) electrons. The Morgan fingerprint density at radius 3 is 2.83 bits per heavy atom. The molecule has 0 unspecified atom stereocenters. The molecule has 6 rings (SSSR count). The van der Waals surface area contributed by atoms with Crippen LogP contribution in [0.1, 0.15) is 24.0 Å². The predicted molar refractivity (Wildman–Crippen MR) is 137 cm³/mol. The first-order valence-electron chi connectivity index (χ1n) is 11.5. The third-order valence-corrected chi connectivity index (χ3v) is 6.86. The number of rotatable bonds is 6. The SMILES string of the molecule is Cn1cc(C#N)cc1-c1c2c(NN)nc(=O)n(CC3CC3)c2nn1Cc1ccnc2ccc(Cl)cc12. The summed E-state index contributed by atoms with van der Waals surface area (Å²) in [7, 11) is 1.87. The first-order chi connectivity index (χ1) is 17.5. The third-order valence-electron chi connectivity index (χ3n) is 6.63. The molecule has 10 nitrogen and oxygen atoms in total.